The summed E-state index contributed by atoms with van der Waals surface area (Å²) in [6.45, 7) is 3.52. The Hall–Kier alpha value is -0.750. The van der Waals surface area contributed by atoms with Gasteiger partial charge in [0.2, 0.25) is 0 Å². The second kappa shape index (κ2) is 4.85. The van der Waals surface area contributed by atoms with E-state index in [9.17, 15) is 15.2 Å². The fourth-order valence-electron chi connectivity index (χ4n) is 1.13. The molecule has 4 nitrogen and oxygen atoms in total. The molecule has 0 saturated carbocycles. The number of phenolic OH excluding ortho intramolecular Hbond substituents is 1. The molecular weight excluding hydrogens is 282 g/mol. The van der Waals surface area contributed by atoms with Crippen molar-refractivity contribution >= 4 is 35.3 Å². The molecule has 0 radical (unpaired) electrons. The molecule has 0 spiro atoms. The number of halogens is 1. The minimum absolute atomic E-state index is 0. The molecule has 0 aliphatic heterocycles. The summed E-state index contributed by atoms with van der Waals surface area (Å²) in [5.74, 6) is 0.0237. The first-order chi connectivity index (χ1) is 6.32. The van der Waals surface area contributed by atoms with Gasteiger partial charge in [0.05, 0.1) is 4.92 Å². The van der Waals surface area contributed by atoms with Crippen molar-refractivity contribution < 1.29 is 10.0 Å². The van der Waals surface area contributed by atoms with Gasteiger partial charge in [-0.25, -0.2) is 0 Å². The largest absolute Gasteiger partial charge is 0.508 e. The highest BCUT2D eigenvalue weighted by Gasteiger charge is 2.21. The summed E-state index contributed by atoms with van der Waals surface area (Å²) in [6, 6.07) is 3.91. The quantitative estimate of drug-likeness (QED) is 0.500. The molecule has 6 heteroatoms. The summed E-state index contributed by atoms with van der Waals surface area (Å²) in [7, 11) is 0. The average Bonchev–Trinajstić information content (AvgIpc) is 2.02. The summed E-state index contributed by atoms with van der Waals surface area (Å²) in [5.41, 5.74) is 0.412. The maximum absolute atomic E-state index is 10.5. The number of nitrogens with zero attached hydrogens (tertiary/aromatic N) is 1. The second-order valence-corrected chi connectivity index (χ2v) is 4.64. The lowest BCUT2D eigenvalue weighted by molar-refractivity contribution is -0.385. The molecule has 0 saturated heterocycles. The zero-order valence-corrected chi connectivity index (χ0v) is 10.9. The predicted octanol–water partition coefficient (Wildman–Crippen LogP) is 3.04. The maximum Gasteiger partial charge on any atom is 0.270 e. The summed E-state index contributed by atoms with van der Waals surface area (Å²) < 4.78 is -0.601. The number of thiol groups is 1. The molecule has 0 heterocycles. The third kappa shape index (κ3) is 3.39. The minimum Gasteiger partial charge on any atom is -0.508 e. The fraction of sp³-hybridized carbons (Fsp3) is 0.333. The Bertz CT molecular complexity index is 376. The molecule has 0 unspecified atom stereocenters. The molecule has 0 atom stereocenters. The summed E-state index contributed by atoms with van der Waals surface area (Å²) in [6.07, 6.45) is 0. The third-order valence-electron chi connectivity index (χ3n) is 1.85. The molecule has 15 heavy (non-hydrogen) atoms. The van der Waals surface area contributed by atoms with Crippen molar-refractivity contribution in [1.29, 1.82) is 0 Å². The zero-order valence-electron chi connectivity index (χ0n) is 8.30. The molecule has 0 fully saturated rings. The highest BCUT2D eigenvalue weighted by molar-refractivity contribution is 8.93. The topological polar surface area (TPSA) is 63.4 Å². The Morgan fingerprint density at radius 3 is 2.40 bits per heavy atom. The van der Waals surface area contributed by atoms with Gasteiger partial charge in [-0.05, 0) is 19.9 Å². The first kappa shape index (κ1) is 14.2. The average molecular weight is 294 g/mol. The molecule has 1 aromatic rings. The van der Waals surface area contributed by atoms with Gasteiger partial charge in [0.15, 0.2) is 0 Å². The van der Waals surface area contributed by atoms with Crippen molar-refractivity contribution in [3.63, 3.8) is 0 Å². The van der Waals surface area contributed by atoms with E-state index in [1.54, 1.807) is 13.8 Å². The van der Waals surface area contributed by atoms with Crippen LogP contribution < -0.4 is 0 Å². The second-order valence-electron chi connectivity index (χ2n) is 3.52. The van der Waals surface area contributed by atoms with Gasteiger partial charge < -0.3 is 5.11 Å². The van der Waals surface area contributed by atoms with Gasteiger partial charge in [-0.3, -0.25) is 10.1 Å². The van der Waals surface area contributed by atoms with Crippen LogP contribution in [0.25, 0.3) is 0 Å². The van der Waals surface area contributed by atoms with E-state index in [1.807, 2.05) is 0 Å². The Morgan fingerprint density at radius 1 is 1.47 bits per heavy atom. The number of benzene rings is 1. The maximum atomic E-state index is 10.5. The highest BCUT2D eigenvalue weighted by Crippen LogP contribution is 2.35. The van der Waals surface area contributed by atoms with E-state index in [4.69, 9.17) is 0 Å². The Balaban J connectivity index is 0.00000196. The van der Waals surface area contributed by atoms with Gasteiger partial charge in [0.1, 0.15) is 5.75 Å². The summed E-state index contributed by atoms with van der Waals surface area (Å²) in [5, 5.41) is 20.0. The number of rotatable bonds is 2. The molecule has 0 aliphatic rings. The SMILES string of the molecule is Br.CC(C)(S)c1cc([N+](=O)[O-])ccc1O. The number of nitro benzene ring substituents is 1. The number of hydrogen-bond donors (Lipinski definition) is 2. The van der Waals surface area contributed by atoms with E-state index < -0.39 is 9.67 Å². The van der Waals surface area contributed by atoms with Crippen molar-refractivity contribution in [2.24, 2.45) is 0 Å². The van der Waals surface area contributed by atoms with E-state index in [0.29, 0.717) is 5.56 Å². The summed E-state index contributed by atoms with van der Waals surface area (Å²) in [4.78, 5) is 9.99. The van der Waals surface area contributed by atoms with E-state index in [0.717, 1.165) is 0 Å². The highest BCUT2D eigenvalue weighted by atomic mass is 79.9. The van der Waals surface area contributed by atoms with E-state index >= 15 is 0 Å². The van der Waals surface area contributed by atoms with Crippen LogP contribution in [0.15, 0.2) is 18.2 Å². The summed E-state index contributed by atoms with van der Waals surface area (Å²) >= 11 is 4.25. The molecule has 0 amide bonds. The molecule has 0 aromatic heterocycles. The molecule has 1 rings (SSSR count). The molecule has 0 aliphatic carbocycles. The van der Waals surface area contributed by atoms with Crippen molar-refractivity contribution in [3.05, 3.63) is 33.9 Å². The van der Waals surface area contributed by atoms with Crippen LogP contribution in [-0.2, 0) is 4.75 Å². The first-order valence-electron chi connectivity index (χ1n) is 4.02. The van der Waals surface area contributed by atoms with E-state index in [2.05, 4.69) is 12.6 Å². The third-order valence-corrected chi connectivity index (χ3v) is 2.09. The molecule has 0 bridgehead atoms. The van der Waals surface area contributed by atoms with E-state index in [-0.39, 0.29) is 28.4 Å². The van der Waals surface area contributed by atoms with Crippen LogP contribution in [0.5, 0.6) is 5.75 Å². The molecule has 84 valence electrons. The van der Waals surface area contributed by atoms with Gasteiger partial charge >= 0.3 is 0 Å². The normalized spacial score (nSPS) is 10.6. The Kier molecular flexibility index (Phi) is 4.61. The Morgan fingerprint density at radius 2 is 2.00 bits per heavy atom. The van der Waals surface area contributed by atoms with Gasteiger partial charge in [-0.2, -0.15) is 12.6 Å². The Labute approximate surface area is 104 Å². The van der Waals surface area contributed by atoms with Crippen LogP contribution in [0, 0.1) is 10.1 Å². The minimum atomic E-state index is -0.601. The van der Waals surface area contributed by atoms with Crippen LogP contribution >= 0.6 is 29.6 Å². The van der Waals surface area contributed by atoms with Gasteiger partial charge in [-0.15, -0.1) is 17.0 Å². The molecule has 1 aromatic carbocycles. The standard InChI is InChI=1S/C9H11NO3S.BrH/c1-9(2,14)7-5-6(10(12)13)3-4-8(7)11;/h3-5,11,14H,1-2H3;1H. The fourth-order valence-corrected chi connectivity index (χ4v) is 1.31. The van der Waals surface area contributed by atoms with Gasteiger partial charge in [0, 0.05) is 22.4 Å². The van der Waals surface area contributed by atoms with Crippen molar-refractivity contribution in [2.75, 3.05) is 0 Å². The van der Waals surface area contributed by atoms with Gasteiger partial charge in [-0.1, -0.05) is 0 Å². The van der Waals surface area contributed by atoms with Gasteiger partial charge in [0.25, 0.3) is 5.69 Å². The number of phenols is 1. The lowest BCUT2D eigenvalue weighted by Gasteiger charge is -2.18. The van der Waals surface area contributed by atoms with Crippen LogP contribution in [0.2, 0.25) is 0 Å². The van der Waals surface area contributed by atoms with Crippen molar-refractivity contribution in [1.82, 2.24) is 0 Å². The van der Waals surface area contributed by atoms with Crippen molar-refractivity contribution in [2.45, 2.75) is 18.6 Å². The lowest BCUT2D eigenvalue weighted by Crippen LogP contribution is -2.08. The smallest absolute Gasteiger partial charge is 0.270 e. The monoisotopic (exact) mass is 293 g/mol. The predicted molar refractivity (Wildman–Crippen MR) is 67.1 cm³/mol. The van der Waals surface area contributed by atoms with Crippen LogP contribution in [-0.4, -0.2) is 10.0 Å². The lowest BCUT2D eigenvalue weighted by atomic mass is 10.0. The molecule has 1 N–H and O–H groups in total. The van der Waals surface area contributed by atoms with Crippen LogP contribution in [0.4, 0.5) is 5.69 Å². The zero-order chi connectivity index (χ0) is 10.9. The van der Waals surface area contributed by atoms with Crippen molar-refractivity contribution in [3.8, 4) is 5.75 Å². The number of nitro groups is 1. The number of aromatic hydroxyl groups is 1. The van der Waals surface area contributed by atoms with Crippen LogP contribution in [0.3, 0.4) is 0 Å². The first-order valence-corrected chi connectivity index (χ1v) is 4.47. The molecular formula is C9H12BrNO3S. The number of non-ortho nitro benzene ring substituents is 1. The number of hydrogen-bond acceptors (Lipinski definition) is 4. The van der Waals surface area contributed by atoms with Crippen LogP contribution in [0.1, 0.15) is 19.4 Å². The van der Waals surface area contributed by atoms with E-state index in [1.165, 1.54) is 18.2 Å².